The van der Waals surface area contributed by atoms with E-state index in [1.165, 1.54) is 128 Å². The van der Waals surface area contributed by atoms with E-state index in [1.807, 2.05) is 18.2 Å². The molecule has 0 aliphatic carbocycles. The average Bonchev–Trinajstić information content (AvgIpc) is 3.30. The van der Waals surface area contributed by atoms with E-state index >= 15 is 0 Å². The minimum absolute atomic E-state index is 0. The monoisotopic (exact) mass is 606 g/mol. The zero-order valence-electron chi connectivity index (χ0n) is 26.6. The van der Waals surface area contributed by atoms with Crippen LogP contribution in [0, 0.1) is 0 Å². The van der Waals surface area contributed by atoms with Gasteiger partial charge in [0.05, 0.1) is 22.4 Å². The van der Waals surface area contributed by atoms with Crippen LogP contribution in [0.4, 0.5) is 11.4 Å². The molecule has 0 aromatic heterocycles. The van der Waals surface area contributed by atoms with Gasteiger partial charge in [-0.25, -0.2) is 8.42 Å². The zero-order chi connectivity index (χ0) is 29.2. The molecule has 0 spiro atoms. The fourth-order valence-corrected chi connectivity index (χ4v) is 6.56. The maximum Gasteiger partial charge on any atom is 1.00 e. The smallest absolute Gasteiger partial charge is 0.744 e. The Labute approximate surface area is 279 Å². The molecule has 230 valence electrons. The Morgan fingerprint density at radius 3 is 1.64 bits per heavy atom. The minimum atomic E-state index is -4.49. The summed E-state index contributed by atoms with van der Waals surface area (Å²) in [5.41, 5.74) is 2.86. The Bertz CT molecular complexity index is 1080. The van der Waals surface area contributed by atoms with Gasteiger partial charge in [-0.15, -0.1) is 0 Å². The fourth-order valence-electron chi connectivity index (χ4n) is 6.07. The molecule has 3 rings (SSSR count). The molecule has 1 aliphatic rings. The van der Waals surface area contributed by atoms with Crippen molar-refractivity contribution >= 4 is 21.5 Å². The second-order valence-corrected chi connectivity index (χ2v) is 13.4. The van der Waals surface area contributed by atoms with E-state index in [0.29, 0.717) is 6.54 Å². The molecule has 0 bridgehead atoms. The average molecular weight is 607 g/mol. The van der Waals surface area contributed by atoms with Crippen molar-refractivity contribution in [3.63, 3.8) is 0 Å². The van der Waals surface area contributed by atoms with Gasteiger partial charge in [0.25, 0.3) is 0 Å². The van der Waals surface area contributed by atoms with E-state index in [0.717, 1.165) is 29.8 Å². The van der Waals surface area contributed by atoms with Crippen molar-refractivity contribution < 1.29 is 42.5 Å². The van der Waals surface area contributed by atoms with E-state index in [1.54, 1.807) is 6.07 Å². The van der Waals surface area contributed by atoms with Gasteiger partial charge in [-0.3, -0.25) is 0 Å². The van der Waals surface area contributed by atoms with Gasteiger partial charge in [0.1, 0.15) is 10.1 Å². The zero-order valence-corrected chi connectivity index (χ0v) is 29.4. The van der Waals surface area contributed by atoms with Gasteiger partial charge in [0, 0.05) is 6.54 Å². The second-order valence-electron chi connectivity index (χ2n) is 12.1. The van der Waals surface area contributed by atoms with Crippen LogP contribution in [-0.2, 0) is 16.7 Å². The van der Waals surface area contributed by atoms with Crippen LogP contribution in [0.15, 0.2) is 53.4 Å². The number of rotatable bonds is 23. The van der Waals surface area contributed by atoms with Crippen LogP contribution in [0.2, 0.25) is 0 Å². The largest absolute Gasteiger partial charge is 1.00 e. The van der Waals surface area contributed by atoms with Gasteiger partial charge in [0.15, 0.2) is 0 Å². The van der Waals surface area contributed by atoms with Crippen LogP contribution in [0.3, 0.4) is 0 Å². The first-order chi connectivity index (χ1) is 20.0. The topological polar surface area (TPSA) is 72.5 Å². The minimum Gasteiger partial charge on any atom is -0.744 e. The summed E-state index contributed by atoms with van der Waals surface area (Å²) in [5.74, 6) is 0. The third kappa shape index (κ3) is 14.2. The molecule has 1 N–H and O–H groups in total. The fraction of sp³-hybridized carbons (Fsp3) is 0.657. The van der Waals surface area contributed by atoms with Crippen molar-refractivity contribution in [2.75, 3.05) is 10.2 Å². The first-order valence-electron chi connectivity index (χ1n) is 16.7. The normalized spacial score (nSPS) is 14.4. The van der Waals surface area contributed by atoms with Gasteiger partial charge in [-0.2, -0.15) is 0 Å². The van der Waals surface area contributed by atoms with Crippen molar-refractivity contribution in [2.45, 2.75) is 153 Å². The molecule has 0 radical (unpaired) electrons. The van der Waals surface area contributed by atoms with Gasteiger partial charge in [0.2, 0.25) is 0 Å². The van der Waals surface area contributed by atoms with Gasteiger partial charge in [-0.1, -0.05) is 153 Å². The number of hydrogen-bond acceptors (Lipinski definition) is 5. The summed E-state index contributed by atoms with van der Waals surface area (Å²) in [4.78, 5) is 2.05. The van der Waals surface area contributed by atoms with E-state index < -0.39 is 10.1 Å². The standard InChI is InChI=1S/C35H56N2O3S.Na/c1-2-3-4-5-6-7-8-9-10-11-12-13-14-15-16-17-18-19-23-26-35-36-33-28-27-32(41(38,39)40)29-34(33)37(35)30-31-24-21-20-22-25-31;/h20-22,24-25,27-29,35-36H,2-19,23,26,30H2,1H3,(H,38,39,40);/q;+1/p-1. The van der Waals surface area contributed by atoms with Crippen LogP contribution in [0.25, 0.3) is 0 Å². The third-order valence-corrected chi connectivity index (χ3v) is 9.37. The predicted octanol–water partition coefficient (Wildman–Crippen LogP) is 7.17. The van der Waals surface area contributed by atoms with E-state index in [9.17, 15) is 13.0 Å². The van der Waals surface area contributed by atoms with Crippen molar-refractivity contribution in [3.8, 4) is 0 Å². The van der Waals surface area contributed by atoms with Crippen molar-refractivity contribution in [1.29, 1.82) is 0 Å². The summed E-state index contributed by atoms with van der Waals surface area (Å²) in [7, 11) is -4.49. The molecule has 2 aromatic carbocycles. The summed E-state index contributed by atoms with van der Waals surface area (Å²) in [6.07, 6.45) is 27.2. The van der Waals surface area contributed by atoms with Crippen LogP contribution in [0.1, 0.15) is 141 Å². The number of unbranched alkanes of at least 4 members (excludes halogenated alkanes) is 18. The molecule has 0 saturated carbocycles. The van der Waals surface area contributed by atoms with E-state index in [4.69, 9.17) is 0 Å². The quantitative estimate of drug-likeness (QED) is 0.0825. The van der Waals surface area contributed by atoms with Crippen LogP contribution in [-0.4, -0.2) is 19.1 Å². The molecule has 42 heavy (non-hydrogen) atoms. The predicted molar refractivity (Wildman–Crippen MR) is 172 cm³/mol. The first kappa shape index (κ1) is 37.1. The molecule has 5 nitrogen and oxygen atoms in total. The maximum absolute atomic E-state index is 11.6. The van der Waals surface area contributed by atoms with Crippen LogP contribution < -0.4 is 39.8 Å². The number of nitrogens with zero attached hydrogens (tertiary/aromatic N) is 1. The molecule has 1 heterocycles. The summed E-state index contributed by atoms with van der Waals surface area (Å²) >= 11 is 0. The molecule has 1 atom stereocenters. The molecule has 1 aliphatic heterocycles. The van der Waals surface area contributed by atoms with Crippen molar-refractivity contribution in [1.82, 2.24) is 0 Å². The Kier molecular flexibility index (Phi) is 19.1. The summed E-state index contributed by atoms with van der Waals surface area (Å²) in [5, 5.41) is 3.57. The van der Waals surface area contributed by atoms with Crippen LogP contribution in [0.5, 0.6) is 0 Å². The number of benzene rings is 2. The molecule has 0 amide bonds. The van der Waals surface area contributed by atoms with Gasteiger partial charge < -0.3 is 14.8 Å². The molecular formula is C35H55N2NaO3S. The van der Waals surface area contributed by atoms with E-state index in [2.05, 4.69) is 29.3 Å². The Hall–Kier alpha value is -1.05. The number of hydrogen-bond donors (Lipinski definition) is 1. The molecule has 0 fully saturated rings. The SMILES string of the molecule is CCCCCCCCCCCCCCCCCCCCCC1Nc2ccc(S(=O)(=O)[O-])cc2N1Cc1ccccc1.[Na+]. The Morgan fingerprint density at radius 1 is 0.690 bits per heavy atom. The first-order valence-corrected chi connectivity index (χ1v) is 18.1. The number of fused-ring (bicyclic) bond motifs is 1. The third-order valence-electron chi connectivity index (χ3n) is 8.54. The molecule has 7 heteroatoms. The summed E-state index contributed by atoms with van der Waals surface area (Å²) in [6, 6.07) is 14.9. The summed E-state index contributed by atoms with van der Waals surface area (Å²) in [6.45, 7) is 2.96. The number of anilines is 2. The van der Waals surface area contributed by atoms with Crippen LogP contribution >= 0.6 is 0 Å². The van der Waals surface area contributed by atoms with Crippen molar-refractivity contribution in [2.24, 2.45) is 0 Å². The van der Waals surface area contributed by atoms with Gasteiger partial charge >= 0.3 is 29.6 Å². The Morgan fingerprint density at radius 2 is 1.17 bits per heavy atom. The maximum atomic E-state index is 11.6. The van der Waals surface area contributed by atoms with E-state index in [-0.39, 0.29) is 40.6 Å². The molecule has 2 aromatic rings. The summed E-state index contributed by atoms with van der Waals surface area (Å²) < 4.78 is 34.9. The molecule has 0 saturated heterocycles. The molecular weight excluding hydrogens is 551 g/mol. The Balaban J connectivity index is 0.00000616. The van der Waals surface area contributed by atoms with Crippen molar-refractivity contribution in [3.05, 3.63) is 54.1 Å². The van der Waals surface area contributed by atoms with Gasteiger partial charge in [-0.05, 0) is 36.6 Å². The number of nitrogens with one attached hydrogen (secondary N) is 1. The molecule has 1 unspecified atom stereocenters. The second kappa shape index (κ2) is 21.6.